The highest BCUT2D eigenvalue weighted by atomic mass is 35.5. The fourth-order valence-electron chi connectivity index (χ4n) is 1.68. The van der Waals surface area contributed by atoms with Gasteiger partial charge in [-0.3, -0.25) is 0 Å². The molecule has 1 rings (SSSR count). The van der Waals surface area contributed by atoms with Gasteiger partial charge >= 0.3 is 0 Å². The molecule has 0 aromatic heterocycles. The van der Waals surface area contributed by atoms with E-state index in [-0.39, 0.29) is 0 Å². The number of halogens is 3. The zero-order valence-corrected chi connectivity index (χ0v) is 12.2. The minimum absolute atomic E-state index is 0.638. The van der Waals surface area contributed by atoms with Crippen LogP contribution in [0.25, 0.3) is 0 Å². The van der Waals surface area contributed by atoms with Crippen LogP contribution >= 0.6 is 34.8 Å². The van der Waals surface area contributed by atoms with Crippen LogP contribution in [0.3, 0.4) is 0 Å². The maximum Gasteiger partial charge on any atom is 0.0465 e. The van der Waals surface area contributed by atoms with Crippen LogP contribution in [0.2, 0.25) is 10.0 Å². The predicted octanol–water partition coefficient (Wildman–Crippen LogP) is 4.74. The van der Waals surface area contributed by atoms with Crippen LogP contribution in [-0.4, -0.2) is 12.4 Å². The summed E-state index contributed by atoms with van der Waals surface area (Å²) < 4.78 is 0. The van der Waals surface area contributed by atoms with Gasteiger partial charge in [0.25, 0.3) is 0 Å². The average molecular weight is 295 g/mol. The van der Waals surface area contributed by atoms with Gasteiger partial charge in [-0.25, -0.2) is 0 Å². The predicted molar refractivity (Wildman–Crippen MR) is 77.3 cm³/mol. The Kier molecular flexibility index (Phi) is 7.29. The van der Waals surface area contributed by atoms with Gasteiger partial charge in [0.05, 0.1) is 0 Å². The fraction of sp³-hybridized carbons (Fsp3) is 0.538. The van der Waals surface area contributed by atoms with Crippen LogP contribution in [0.5, 0.6) is 0 Å². The molecule has 0 heterocycles. The molecule has 0 aliphatic heterocycles. The van der Waals surface area contributed by atoms with Crippen molar-refractivity contribution in [2.45, 2.75) is 26.3 Å². The van der Waals surface area contributed by atoms with Gasteiger partial charge in [-0.1, -0.05) is 42.6 Å². The van der Waals surface area contributed by atoms with Crippen molar-refractivity contribution in [3.8, 4) is 0 Å². The van der Waals surface area contributed by atoms with Crippen molar-refractivity contribution in [3.63, 3.8) is 0 Å². The Morgan fingerprint density at radius 3 is 2.65 bits per heavy atom. The standard InChI is InChI=1S/C13H18Cl3N/c1-2-10(5-6-14)8-17-9-11-3-4-12(15)7-13(11)16/h3-4,7,10,17H,2,5-6,8-9H2,1H3. The van der Waals surface area contributed by atoms with E-state index in [0.29, 0.717) is 10.9 Å². The molecule has 0 aliphatic carbocycles. The lowest BCUT2D eigenvalue weighted by atomic mass is 10.0. The van der Waals surface area contributed by atoms with Crippen molar-refractivity contribution < 1.29 is 0 Å². The number of hydrogen-bond acceptors (Lipinski definition) is 1. The molecule has 0 bridgehead atoms. The minimum atomic E-state index is 0.638. The van der Waals surface area contributed by atoms with E-state index in [2.05, 4.69) is 12.2 Å². The van der Waals surface area contributed by atoms with Gasteiger partial charge in [-0.2, -0.15) is 0 Å². The first-order chi connectivity index (χ1) is 8.17. The summed E-state index contributed by atoms with van der Waals surface area (Å²) in [5.41, 5.74) is 1.08. The topological polar surface area (TPSA) is 12.0 Å². The SMILES string of the molecule is CCC(CCCl)CNCc1ccc(Cl)cc1Cl. The highest BCUT2D eigenvalue weighted by molar-refractivity contribution is 6.35. The number of alkyl halides is 1. The molecule has 0 fully saturated rings. The summed E-state index contributed by atoms with van der Waals surface area (Å²) in [5.74, 6) is 1.36. The Morgan fingerprint density at radius 1 is 1.29 bits per heavy atom. The molecular formula is C13H18Cl3N. The maximum absolute atomic E-state index is 6.09. The Balaban J connectivity index is 2.39. The highest BCUT2D eigenvalue weighted by Crippen LogP contribution is 2.20. The lowest BCUT2D eigenvalue weighted by Crippen LogP contribution is -2.22. The monoisotopic (exact) mass is 293 g/mol. The number of rotatable bonds is 7. The summed E-state index contributed by atoms with van der Waals surface area (Å²) in [5, 5.41) is 4.80. The molecule has 0 saturated carbocycles. The summed E-state index contributed by atoms with van der Waals surface area (Å²) in [6, 6.07) is 5.59. The van der Waals surface area contributed by atoms with Crippen molar-refractivity contribution in [1.82, 2.24) is 5.32 Å². The van der Waals surface area contributed by atoms with Gasteiger partial charge in [0.15, 0.2) is 0 Å². The molecule has 1 aromatic carbocycles. The Labute approximate surface area is 118 Å². The molecule has 0 spiro atoms. The van der Waals surface area contributed by atoms with E-state index < -0.39 is 0 Å². The van der Waals surface area contributed by atoms with Crippen LogP contribution in [0, 0.1) is 5.92 Å². The van der Waals surface area contributed by atoms with Gasteiger partial charge in [0.1, 0.15) is 0 Å². The van der Waals surface area contributed by atoms with E-state index in [1.165, 1.54) is 0 Å². The van der Waals surface area contributed by atoms with E-state index in [1.54, 1.807) is 6.07 Å². The van der Waals surface area contributed by atoms with Crippen LogP contribution in [0.15, 0.2) is 18.2 Å². The van der Waals surface area contributed by atoms with E-state index in [4.69, 9.17) is 34.8 Å². The molecular weight excluding hydrogens is 277 g/mol. The van der Waals surface area contributed by atoms with Gasteiger partial charge in [-0.05, 0) is 36.6 Å². The van der Waals surface area contributed by atoms with Crippen molar-refractivity contribution in [1.29, 1.82) is 0 Å². The molecule has 1 nitrogen and oxygen atoms in total. The van der Waals surface area contributed by atoms with Crippen molar-refractivity contribution >= 4 is 34.8 Å². The minimum Gasteiger partial charge on any atom is -0.312 e. The molecule has 1 N–H and O–H groups in total. The molecule has 0 radical (unpaired) electrons. The Bertz CT molecular complexity index is 341. The van der Waals surface area contributed by atoms with Crippen LogP contribution < -0.4 is 5.32 Å². The quantitative estimate of drug-likeness (QED) is 0.716. The summed E-state index contributed by atoms with van der Waals surface area (Å²) in [6.45, 7) is 3.94. The highest BCUT2D eigenvalue weighted by Gasteiger charge is 2.06. The Hall–Kier alpha value is 0.0500. The van der Waals surface area contributed by atoms with Crippen LogP contribution in [0.4, 0.5) is 0 Å². The van der Waals surface area contributed by atoms with Crippen molar-refractivity contribution in [2.24, 2.45) is 5.92 Å². The lowest BCUT2D eigenvalue weighted by Gasteiger charge is -2.14. The fourth-order valence-corrected chi connectivity index (χ4v) is 2.46. The molecule has 1 unspecified atom stereocenters. The van der Waals surface area contributed by atoms with Crippen LogP contribution in [-0.2, 0) is 6.54 Å². The second-order valence-corrected chi connectivity index (χ2v) is 5.34. The lowest BCUT2D eigenvalue weighted by molar-refractivity contribution is 0.451. The number of hydrogen-bond donors (Lipinski definition) is 1. The normalized spacial score (nSPS) is 12.7. The zero-order chi connectivity index (χ0) is 12.7. The molecule has 0 saturated heterocycles. The summed E-state index contributed by atoms with van der Waals surface area (Å²) in [4.78, 5) is 0. The van der Waals surface area contributed by atoms with E-state index in [0.717, 1.165) is 42.4 Å². The largest absolute Gasteiger partial charge is 0.312 e. The number of nitrogens with one attached hydrogen (secondary N) is 1. The van der Waals surface area contributed by atoms with E-state index in [1.807, 2.05) is 12.1 Å². The van der Waals surface area contributed by atoms with Crippen LogP contribution in [0.1, 0.15) is 25.3 Å². The van der Waals surface area contributed by atoms with Gasteiger partial charge in [0.2, 0.25) is 0 Å². The Morgan fingerprint density at radius 2 is 2.06 bits per heavy atom. The second-order valence-electron chi connectivity index (χ2n) is 4.12. The smallest absolute Gasteiger partial charge is 0.0465 e. The summed E-state index contributed by atoms with van der Waals surface area (Å²) >= 11 is 17.7. The van der Waals surface area contributed by atoms with Gasteiger partial charge in [-0.15, -0.1) is 11.6 Å². The first-order valence-corrected chi connectivity index (χ1v) is 7.17. The molecule has 0 amide bonds. The van der Waals surface area contributed by atoms with E-state index >= 15 is 0 Å². The third-order valence-corrected chi connectivity index (χ3v) is 3.66. The second kappa shape index (κ2) is 8.20. The van der Waals surface area contributed by atoms with E-state index in [9.17, 15) is 0 Å². The summed E-state index contributed by atoms with van der Waals surface area (Å²) in [7, 11) is 0. The molecule has 4 heteroatoms. The first kappa shape index (κ1) is 15.1. The van der Waals surface area contributed by atoms with Gasteiger partial charge < -0.3 is 5.32 Å². The molecule has 0 aliphatic rings. The van der Waals surface area contributed by atoms with Gasteiger partial charge in [0, 0.05) is 22.5 Å². The first-order valence-electron chi connectivity index (χ1n) is 5.88. The average Bonchev–Trinajstić information content (AvgIpc) is 2.30. The van der Waals surface area contributed by atoms with Crippen molar-refractivity contribution in [3.05, 3.63) is 33.8 Å². The third kappa shape index (κ3) is 5.48. The van der Waals surface area contributed by atoms with Crippen molar-refractivity contribution in [2.75, 3.05) is 12.4 Å². The molecule has 1 atom stereocenters. The zero-order valence-electron chi connectivity index (χ0n) is 9.98. The molecule has 96 valence electrons. The number of benzene rings is 1. The molecule has 17 heavy (non-hydrogen) atoms. The molecule has 1 aromatic rings. The third-order valence-electron chi connectivity index (χ3n) is 2.86. The summed E-state index contributed by atoms with van der Waals surface area (Å²) in [6.07, 6.45) is 2.20. The maximum atomic E-state index is 6.09.